The van der Waals surface area contributed by atoms with Crippen LogP contribution in [0.15, 0.2) is 71.2 Å². The number of nitrogens with zero attached hydrogens (tertiary/aromatic N) is 1. The molecule has 3 N–H and O–H groups in total. The van der Waals surface area contributed by atoms with E-state index >= 15 is 0 Å². The molecule has 4 atom stereocenters. The van der Waals surface area contributed by atoms with Gasteiger partial charge in [-0.1, -0.05) is 35.0 Å². The van der Waals surface area contributed by atoms with E-state index in [1.54, 1.807) is 36.3 Å². The summed E-state index contributed by atoms with van der Waals surface area (Å²) >= 11 is 3.57. The van der Waals surface area contributed by atoms with Crippen molar-refractivity contribution >= 4 is 47.4 Å². The minimum absolute atomic E-state index is 0.0843. The Balaban J connectivity index is 1.40. The number of nitrogens with one attached hydrogen (secondary N) is 1. The third kappa shape index (κ3) is 5.35. The number of carbonyl (C=O) groups is 2. The molecule has 2 amide bonds. The number of benzene rings is 3. The van der Waals surface area contributed by atoms with Crippen molar-refractivity contribution in [3.63, 3.8) is 0 Å². The van der Waals surface area contributed by atoms with Crippen LogP contribution in [-0.4, -0.2) is 49.9 Å². The van der Waals surface area contributed by atoms with E-state index in [1.165, 1.54) is 0 Å². The van der Waals surface area contributed by atoms with Crippen molar-refractivity contribution in [2.75, 3.05) is 23.9 Å². The molecule has 2 heterocycles. The van der Waals surface area contributed by atoms with Gasteiger partial charge in [0.1, 0.15) is 5.75 Å². The van der Waals surface area contributed by atoms with Crippen LogP contribution in [-0.2, 0) is 21.7 Å². The quantitative estimate of drug-likeness (QED) is 0.284. The zero-order chi connectivity index (χ0) is 29.5. The summed E-state index contributed by atoms with van der Waals surface area (Å²) in [5.74, 6) is -0.00571. The van der Waals surface area contributed by atoms with Crippen molar-refractivity contribution in [1.29, 1.82) is 0 Å². The third-order valence-electron chi connectivity index (χ3n) is 8.26. The Morgan fingerprint density at radius 3 is 2.41 bits per heavy atom. The number of halogens is 1. The zero-order valence-corrected chi connectivity index (χ0v) is 26.1. The van der Waals surface area contributed by atoms with Gasteiger partial charge in [-0.15, -0.1) is 0 Å². The van der Waals surface area contributed by atoms with E-state index in [4.69, 9.17) is 9.47 Å². The third-order valence-corrected chi connectivity index (χ3v) is 11.3. The first-order chi connectivity index (χ1) is 19.5. The molecule has 2 aliphatic heterocycles. The molecule has 0 saturated carbocycles. The maximum atomic E-state index is 14.3. The smallest absolute Gasteiger partial charge is 0.264 e. The first-order valence-corrected chi connectivity index (χ1v) is 17.5. The van der Waals surface area contributed by atoms with Gasteiger partial charge in [0, 0.05) is 39.4 Å². The van der Waals surface area contributed by atoms with E-state index in [2.05, 4.69) is 21.2 Å². The molecule has 216 valence electrons. The molecular weight excluding hydrogens is 604 g/mol. The Morgan fingerprint density at radius 1 is 1.12 bits per heavy atom. The Bertz CT molecular complexity index is 1440. The van der Waals surface area contributed by atoms with Crippen molar-refractivity contribution in [3.8, 4) is 5.75 Å². The van der Waals surface area contributed by atoms with Crippen molar-refractivity contribution < 1.29 is 29.0 Å². The van der Waals surface area contributed by atoms with E-state index in [0.29, 0.717) is 30.0 Å². The Kier molecular flexibility index (Phi) is 8.15. The normalized spacial score (nSPS) is 23.6. The molecule has 3 aromatic rings. The summed E-state index contributed by atoms with van der Waals surface area (Å²) < 4.78 is 12.6. The molecule has 0 aromatic heterocycles. The largest absolute Gasteiger partial charge is 0.497 e. The number of aliphatic hydroxyl groups is 1. The van der Waals surface area contributed by atoms with Crippen LogP contribution < -0.4 is 15.0 Å². The van der Waals surface area contributed by atoms with Gasteiger partial charge in [0.05, 0.1) is 25.4 Å². The highest BCUT2D eigenvalue weighted by molar-refractivity contribution is 9.10. The predicted molar refractivity (Wildman–Crippen MR) is 164 cm³/mol. The van der Waals surface area contributed by atoms with E-state index < -0.39 is 20.0 Å². The summed E-state index contributed by atoms with van der Waals surface area (Å²) in [6.45, 7) is 5.95. The fourth-order valence-corrected chi connectivity index (χ4v) is 9.39. The Hall–Kier alpha value is -3.02. The summed E-state index contributed by atoms with van der Waals surface area (Å²) in [5.41, 5.74) is 2.11. The van der Waals surface area contributed by atoms with Crippen LogP contribution in [0.1, 0.15) is 34.8 Å². The number of ether oxygens (including phenoxy) is 2. The second-order valence-electron chi connectivity index (χ2n) is 11.3. The van der Waals surface area contributed by atoms with Crippen LogP contribution in [0.25, 0.3) is 0 Å². The number of hydrogen-bond donors (Lipinski definition) is 3. The van der Waals surface area contributed by atoms with E-state index in [1.807, 2.05) is 62.5 Å². The number of methoxy groups -OCH3 is 1. The maximum Gasteiger partial charge on any atom is 0.264 e. The summed E-state index contributed by atoms with van der Waals surface area (Å²) in [6.07, 6.45) is -0.0698. The standard InChI is InChI=1S/C31H35BrN2O6Si/c1-19-28(41(3,4)38)27(15-16-35)40-31(19)25-17-22(32)9-14-26(25)34(30(31)37)18-20-5-10-23(11-6-20)33-29(36)21-7-12-24(39-2)13-8-21/h5-14,17,19,27-28,35,38H,15-16,18H2,1-4H3,(H,33,36)/t19-,27+,28-,31+/m1/s1. The number of amides is 2. The maximum absolute atomic E-state index is 14.3. The van der Waals surface area contributed by atoms with Gasteiger partial charge >= 0.3 is 0 Å². The van der Waals surface area contributed by atoms with Crippen LogP contribution in [0, 0.1) is 5.92 Å². The molecule has 5 rings (SSSR count). The molecule has 1 spiro atoms. The lowest BCUT2D eigenvalue weighted by molar-refractivity contribution is -0.146. The monoisotopic (exact) mass is 638 g/mol. The highest BCUT2D eigenvalue weighted by Crippen LogP contribution is 2.60. The van der Waals surface area contributed by atoms with Crippen LogP contribution in [0.5, 0.6) is 5.75 Å². The summed E-state index contributed by atoms with van der Waals surface area (Å²) in [4.78, 5) is 40.0. The molecule has 41 heavy (non-hydrogen) atoms. The second kappa shape index (κ2) is 11.3. The van der Waals surface area contributed by atoms with Gasteiger partial charge in [0.25, 0.3) is 11.8 Å². The molecule has 2 aliphatic rings. The second-order valence-corrected chi connectivity index (χ2v) is 16.2. The van der Waals surface area contributed by atoms with E-state index in [9.17, 15) is 19.5 Å². The van der Waals surface area contributed by atoms with Crippen LogP contribution in [0.4, 0.5) is 11.4 Å². The first kappa shape index (κ1) is 29.5. The van der Waals surface area contributed by atoms with Gasteiger partial charge in [-0.05, 0) is 79.7 Å². The lowest BCUT2D eigenvalue weighted by Crippen LogP contribution is -2.46. The summed E-state index contributed by atoms with van der Waals surface area (Å²) in [5, 5.41) is 12.7. The van der Waals surface area contributed by atoms with Gasteiger partial charge in [0.2, 0.25) is 0 Å². The topological polar surface area (TPSA) is 108 Å². The van der Waals surface area contributed by atoms with Crippen molar-refractivity contribution in [1.82, 2.24) is 0 Å². The molecule has 0 aliphatic carbocycles. The molecule has 0 bridgehead atoms. The van der Waals surface area contributed by atoms with Crippen LogP contribution in [0.3, 0.4) is 0 Å². The lowest BCUT2D eigenvalue weighted by atomic mass is 9.82. The molecule has 1 fully saturated rings. The van der Waals surface area contributed by atoms with Gasteiger partial charge in [-0.3, -0.25) is 9.59 Å². The van der Waals surface area contributed by atoms with Gasteiger partial charge < -0.3 is 29.6 Å². The number of rotatable bonds is 8. The van der Waals surface area contributed by atoms with E-state index in [0.717, 1.165) is 21.3 Å². The van der Waals surface area contributed by atoms with Gasteiger partial charge in [-0.25, -0.2) is 0 Å². The highest BCUT2D eigenvalue weighted by atomic mass is 79.9. The lowest BCUT2D eigenvalue weighted by Gasteiger charge is -2.32. The molecule has 0 unspecified atom stereocenters. The number of aliphatic hydroxyl groups excluding tert-OH is 1. The average molecular weight is 640 g/mol. The minimum atomic E-state index is -2.75. The van der Waals surface area contributed by atoms with Crippen LogP contribution >= 0.6 is 15.9 Å². The average Bonchev–Trinajstić information content (AvgIpc) is 3.36. The Morgan fingerprint density at radius 2 is 1.80 bits per heavy atom. The summed E-state index contributed by atoms with van der Waals surface area (Å²) in [6, 6.07) is 20.1. The van der Waals surface area contributed by atoms with Crippen LogP contribution in [0.2, 0.25) is 18.6 Å². The van der Waals surface area contributed by atoms with Crippen molar-refractivity contribution in [2.24, 2.45) is 5.92 Å². The molecule has 10 heteroatoms. The Labute approximate surface area is 249 Å². The zero-order valence-electron chi connectivity index (χ0n) is 23.6. The number of anilines is 2. The SMILES string of the molecule is COc1ccc(C(=O)Nc2ccc(CN3C(=O)[C@@]4(O[C@@H](CCO)[C@H]([Si](C)(C)O)[C@H]4C)c4cc(Br)ccc43)cc2)cc1. The minimum Gasteiger partial charge on any atom is -0.497 e. The molecule has 0 radical (unpaired) electrons. The van der Waals surface area contributed by atoms with Gasteiger partial charge in [-0.2, -0.15) is 0 Å². The highest BCUT2D eigenvalue weighted by Gasteiger charge is 2.66. The fraction of sp³-hybridized carbons (Fsp3) is 0.355. The number of hydrogen-bond acceptors (Lipinski definition) is 6. The molecular formula is C31H35BrN2O6Si. The van der Waals surface area contributed by atoms with Crippen molar-refractivity contribution in [2.45, 2.75) is 50.2 Å². The summed E-state index contributed by atoms with van der Waals surface area (Å²) in [7, 11) is -1.17. The molecule has 3 aromatic carbocycles. The number of fused-ring (bicyclic) bond motifs is 2. The number of carbonyl (C=O) groups excluding carboxylic acids is 2. The first-order valence-electron chi connectivity index (χ1n) is 13.7. The van der Waals surface area contributed by atoms with E-state index in [-0.39, 0.29) is 29.9 Å². The predicted octanol–water partition coefficient (Wildman–Crippen LogP) is 5.44. The van der Waals surface area contributed by atoms with Gasteiger partial charge in [0.15, 0.2) is 13.9 Å². The van der Waals surface area contributed by atoms with Crippen molar-refractivity contribution in [3.05, 3.63) is 87.9 Å². The fourth-order valence-electron chi connectivity index (χ4n) is 6.43. The molecule has 1 saturated heterocycles. The molecule has 8 nitrogen and oxygen atoms in total.